The molecule has 5 nitrogen and oxygen atoms in total. The van der Waals surface area contributed by atoms with Crippen molar-refractivity contribution in [2.24, 2.45) is 0 Å². The van der Waals surface area contributed by atoms with Crippen LogP contribution in [0.15, 0.2) is 36.4 Å². The van der Waals surface area contributed by atoms with Gasteiger partial charge in [-0.3, -0.25) is 4.79 Å². The van der Waals surface area contributed by atoms with Crippen LogP contribution in [0.5, 0.6) is 23.0 Å². The average Bonchev–Trinajstić information content (AvgIpc) is 2.84. The van der Waals surface area contributed by atoms with E-state index in [-0.39, 0.29) is 33.0 Å². The van der Waals surface area contributed by atoms with Gasteiger partial charge in [-0.2, -0.15) is 0 Å². The van der Waals surface area contributed by atoms with E-state index < -0.39 is 0 Å². The van der Waals surface area contributed by atoms with Gasteiger partial charge in [0.15, 0.2) is 5.52 Å². The largest absolute Gasteiger partial charge is 0.496 e. The van der Waals surface area contributed by atoms with Crippen LogP contribution in [0.2, 0.25) is 0 Å². The van der Waals surface area contributed by atoms with Gasteiger partial charge >= 0.3 is 0 Å². The second kappa shape index (κ2) is 17.7. The van der Waals surface area contributed by atoms with Gasteiger partial charge in [-0.05, 0) is 45.7 Å². The monoisotopic (exact) mass is 481 g/mol. The zero-order valence-electron chi connectivity index (χ0n) is 21.6. The van der Waals surface area contributed by atoms with Gasteiger partial charge in [0, 0.05) is 30.2 Å². The predicted molar refractivity (Wildman–Crippen MR) is 143 cm³/mol. The molecule has 0 bridgehead atoms. The summed E-state index contributed by atoms with van der Waals surface area (Å²) < 4.78 is 22.9. The van der Waals surface area contributed by atoms with E-state index in [9.17, 15) is 4.79 Å². The first-order valence-electron chi connectivity index (χ1n) is 12.1. The topological polar surface area (TPSA) is 54.0 Å². The first-order valence-corrected chi connectivity index (χ1v) is 13.1. The van der Waals surface area contributed by atoms with E-state index >= 15 is 0 Å². The molecule has 0 heterocycles. The number of methoxy groups -OCH3 is 2. The van der Waals surface area contributed by atoms with Crippen molar-refractivity contribution in [1.29, 1.82) is 0 Å². The third-order valence-electron chi connectivity index (χ3n) is 5.38. The van der Waals surface area contributed by atoms with Crippen molar-refractivity contribution in [2.45, 2.75) is 65.2 Å². The van der Waals surface area contributed by atoms with Crippen LogP contribution in [0.4, 0.5) is 0 Å². The van der Waals surface area contributed by atoms with Crippen molar-refractivity contribution in [3.05, 3.63) is 42.0 Å². The van der Waals surface area contributed by atoms with E-state index in [1.165, 1.54) is 32.1 Å². The Morgan fingerprint density at radius 3 is 1.91 bits per heavy atom. The molecule has 0 aromatic heterocycles. The molecule has 2 aromatic carbocycles. The molecule has 1 atom stereocenters. The van der Waals surface area contributed by atoms with Crippen LogP contribution in [0.1, 0.15) is 75.6 Å². The number of unbranched alkanes of at least 4 members (excludes halogenated alkanes) is 6. The zero-order chi connectivity index (χ0) is 23.9. The SMILES string of the molecule is CCCCCCOc1ccc(PC(=O)c2c(OC)cccc2OC)c(OCCCCCC)c1.[Li]. The fourth-order valence-electron chi connectivity index (χ4n) is 3.50. The minimum atomic E-state index is -0.115. The summed E-state index contributed by atoms with van der Waals surface area (Å²) in [5.74, 6) is 2.53. The molecule has 2 rings (SSSR count). The first kappa shape index (κ1) is 30.4. The number of benzene rings is 2. The molecule has 183 valence electrons. The molecule has 0 spiro atoms. The molecule has 2 aromatic rings. The van der Waals surface area contributed by atoms with E-state index in [0.29, 0.717) is 30.3 Å². The maximum atomic E-state index is 13.3. The molecule has 0 aliphatic heterocycles. The summed E-state index contributed by atoms with van der Waals surface area (Å²) >= 11 is 0. The molecule has 0 N–H and O–H groups in total. The van der Waals surface area contributed by atoms with Gasteiger partial charge in [0.2, 0.25) is 0 Å². The zero-order valence-corrected chi connectivity index (χ0v) is 22.6. The molecule has 0 aliphatic carbocycles. The van der Waals surface area contributed by atoms with E-state index in [1.807, 2.05) is 24.3 Å². The summed E-state index contributed by atoms with van der Waals surface area (Å²) in [4.78, 5) is 13.3. The predicted octanol–water partition coefficient (Wildman–Crippen LogP) is 6.39. The smallest absolute Gasteiger partial charge is 0.193 e. The van der Waals surface area contributed by atoms with Crippen LogP contribution >= 0.6 is 8.58 Å². The molecule has 0 saturated carbocycles. The Morgan fingerprint density at radius 1 is 0.765 bits per heavy atom. The number of ether oxygens (including phenoxy) is 4. The average molecular weight is 482 g/mol. The molecule has 1 radical (unpaired) electrons. The fourth-order valence-corrected chi connectivity index (χ4v) is 4.55. The maximum Gasteiger partial charge on any atom is 0.193 e. The Hall–Kier alpha value is -1.66. The van der Waals surface area contributed by atoms with Crippen molar-refractivity contribution in [3.8, 4) is 23.0 Å². The summed E-state index contributed by atoms with van der Waals surface area (Å²) in [6, 6.07) is 11.2. The second-order valence-electron chi connectivity index (χ2n) is 7.97. The summed E-state index contributed by atoms with van der Waals surface area (Å²) in [6.07, 6.45) is 9.16. The van der Waals surface area contributed by atoms with E-state index in [2.05, 4.69) is 13.8 Å². The Morgan fingerprint density at radius 2 is 1.35 bits per heavy atom. The fraction of sp³-hybridized carbons (Fsp3) is 0.519. The molecular weight excluding hydrogens is 442 g/mol. The first-order chi connectivity index (χ1) is 16.1. The third-order valence-corrected chi connectivity index (χ3v) is 6.54. The van der Waals surface area contributed by atoms with Crippen molar-refractivity contribution in [1.82, 2.24) is 0 Å². The molecule has 0 fully saturated rings. The standard InChI is InChI=1S/C27H39O5P.Li/c1-5-7-9-11-18-31-21-16-17-25(24(20-21)32-19-12-10-8-6-2)33-27(28)26-22(29-3)14-13-15-23(26)30-4;/h13-17,20,33H,5-12,18-19H2,1-4H3;. The summed E-state index contributed by atoms with van der Waals surface area (Å²) in [6.45, 7) is 5.71. The van der Waals surface area contributed by atoms with Gasteiger partial charge in [-0.1, -0.05) is 58.4 Å². The number of hydrogen-bond donors (Lipinski definition) is 0. The number of rotatable bonds is 17. The van der Waals surface area contributed by atoms with E-state index in [4.69, 9.17) is 18.9 Å². The van der Waals surface area contributed by atoms with Gasteiger partial charge in [0.05, 0.1) is 27.4 Å². The maximum absolute atomic E-state index is 13.3. The van der Waals surface area contributed by atoms with Crippen LogP contribution in [0.3, 0.4) is 0 Å². The Kier molecular flexibility index (Phi) is 15.8. The minimum absolute atomic E-state index is 0. The Bertz CT molecular complexity index is 837. The molecule has 0 saturated heterocycles. The van der Waals surface area contributed by atoms with Gasteiger partial charge in [0.25, 0.3) is 0 Å². The number of hydrogen-bond acceptors (Lipinski definition) is 5. The van der Waals surface area contributed by atoms with Gasteiger partial charge < -0.3 is 18.9 Å². The van der Waals surface area contributed by atoms with Crippen LogP contribution < -0.4 is 24.3 Å². The molecule has 7 heteroatoms. The van der Waals surface area contributed by atoms with Crippen LogP contribution in [-0.2, 0) is 0 Å². The minimum Gasteiger partial charge on any atom is -0.496 e. The van der Waals surface area contributed by atoms with Crippen molar-refractivity contribution in [2.75, 3.05) is 27.4 Å². The van der Waals surface area contributed by atoms with Gasteiger partial charge in [0.1, 0.15) is 28.6 Å². The van der Waals surface area contributed by atoms with E-state index in [0.717, 1.165) is 36.1 Å². The molecular formula is C27H39LiO5P. The summed E-state index contributed by atoms with van der Waals surface area (Å²) in [5.41, 5.74) is 0.416. The van der Waals surface area contributed by atoms with Crippen LogP contribution in [-0.4, -0.2) is 51.8 Å². The Balaban J connectivity index is 0.00000578. The summed E-state index contributed by atoms with van der Waals surface area (Å²) in [7, 11) is 3.01. The molecule has 0 aliphatic rings. The molecule has 0 amide bonds. The Labute approximate surface area is 219 Å². The quantitative estimate of drug-likeness (QED) is 0.149. The normalized spacial score (nSPS) is 10.7. The molecule has 1 unspecified atom stereocenters. The molecule has 34 heavy (non-hydrogen) atoms. The third kappa shape index (κ3) is 9.91. The number of carbonyl (C=O) groups excluding carboxylic acids is 1. The van der Waals surface area contributed by atoms with Gasteiger partial charge in [-0.25, -0.2) is 0 Å². The second-order valence-corrected chi connectivity index (χ2v) is 9.21. The van der Waals surface area contributed by atoms with Crippen molar-refractivity contribution >= 4 is 38.3 Å². The van der Waals surface area contributed by atoms with Crippen LogP contribution in [0.25, 0.3) is 0 Å². The summed E-state index contributed by atoms with van der Waals surface area (Å²) in [5, 5.41) is 0.863. The van der Waals surface area contributed by atoms with Crippen LogP contribution in [0, 0.1) is 0 Å². The van der Waals surface area contributed by atoms with Crippen molar-refractivity contribution < 1.29 is 23.7 Å². The van der Waals surface area contributed by atoms with E-state index in [1.54, 1.807) is 26.4 Å². The van der Waals surface area contributed by atoms with Gasteiger partial charge in [-0.15, -0.1) is 0 Å². The number of carbonyl (C=O) groups is 1. The van der Waals surface area contributed by atoms with Crippen molar-refractivity contribution in [3.63, 3.8) is 0 Å².